The molecule has 0 saturated carbocycles. The molecular weight excluding hydrogens is 240 g/mol. The smallest absolute Gasteiger partial charge is 0.310 e. The van der Waals surface area contributed by atoms with Crippen molar-refractivity contribution in [1.82, 2.24) is 4.90 Å². The molecule has 19 heavy (non-hydrogen) atoms. The van der Waals surface area contributed by atoms with Gasteiger partial charge < -0.3 is 5.11 Å². The van der Waals surface area contributed by atoms with Crippen LogP contribution in [0.3, 0.4) is 0 Å². The summed E-state index contributed by atoms with van der Waals surface area (Å²) in [4.78, 5) is 13.4. The maximum absolute atomic E-state index is 11.2. The van der Waals surface area contributed by atoms with Gasteiger partial charge in [0.2, 0.25) is 0 Å². The van der Waals surface area contributed by atoms with Gasteiger partial charge >= 0.3 is 5.97 Å². The molecule has 0 bridgehead atoms. The maximum atomic E-state index is 11.2. The molecule has 1 aliphatic rings. The van der Waals surface area contributed by atoms with Crippen molar-refractivity contribution in [2.45, 2.75) is 26.3 Å². The molecule has 100 valence electrons. The summed E-state index contributed by atoms with van der Waals surface area (Å²) in [7, 11) is 0. The van der Waals surface area contributed by atoms with Crippen LogP contribution < -0.4 is 0 Å². The molecule has 1 saturated heterocycles. The molecule has 1 N–H and O–H groups in total. The lowest BCUT2D eigenvalue weighted by molar-refractivity contribution is -0.147. The van der Waals surface area contributed by atoms with Gasteiger partial charge in [-0.25, -0.2) is 0 Å². The van der Waals surface area contributed by atoms with E-state index in [4.69, 9.17) is 5.26 Å². The lowest BCUT2D eigenvalue weighted by atomic mass is 9.90. The van der Waals surface area contributed by atoms with E-state index in [0.717, 1.165) is 12.1 Å². The lowest BCUT2D eigenvalue weighted by Crippen LogP contribution is -2.32. The van der Waals surface area contributed by atoms with Crippen molar-refractivity contribution in [3.63, 3.8) is 0 Å². The molecule has 0 amide bonds. The Morgan fingerprint density at radius 1 is 1.47 bits per heavy atom. The molecule has 0 aromatic heterocycles. The second-order valence-corrected chi connectivity index (χ2v) is 5.50. The topological polar surface area (TPSA) is 64.3 Å². The third-order valence-corrected chi connectivity index (χ3v) is 4.09. The first-order chi connectivity index (χ1) is 8.96. The Labute approximate surface area is 113 Å². The van der Waals surface area contributed by atoms with Crippen molar-refractivity contribution >= 4 is 5.97 Å². The van der Waals surface area contributed by atoms with E-state index < -0.39 is 11.4 Å². The minimum absolute atomic E-state index is 0.175. The number of likely N-dealkylation sites (tertiary alicyclic amines) is 1. The summed E-state index contributed by atoms with van der Waals surface area (Å²) in [5.74, 6) is -0.720. The van der Waals surface area contributed by atoms with Crippen LogP contribution in [0, 0.1) is 16.7 Å². The number of aliphatic carboxylic acids is 1. The third kappa shape index (κ3) is 2.61. The molecule has 1 aromatic rings. The zero-order valence-electron chi connectivity index (χ0n) is 11.3. The number of carbonyl (C=O) groups is 1. The van der Waals surface area contributed by atoms with Crippen LogP contribution in [0.25, 0.3) is 0 Å². The van der Waals surface area contributed by atoms with Crippen LogP contribution in [-0.4, -0.2) is 29.1 Å². The van der Waals surface area contributed by atoms with Crippen LogP contribution in [0.15, 0.2) is 24.3 Å². The van der Waals surface area contributed by atoms with Crippen molar-refractivity contribution in [1.29, 1.82) is 5.26 Å². The van der Waals surface area contributed by atoms with Gasteiger partial charge in [-0.15, -0.1) is 0 Å². The standard InChI is InChI=1S/C15H18N2O2/c1-11(13-5-3-12(9-16)4-6-13)17-8-7-15(2,10-17)14(18)19/h3-6,11H,7-8,10H2,1-2H3,(H,18,19). The average Bonchev–Trinajstić information content (AvgIpc) is 2.82. The summed E-state index contributed by atoms with van der Waals surface area (Å²) in [6, 6.07) is 9.77. The molecule has 1 fully saturated rings. The number of carboxylic acid groups (broad SMARTS) is 1. The van der Waals surface area contributed by atoms with Gasteiger partial charge in [-0.05, 0) is 44.5 Å². The van der Waals surface area contributed by atoms with E-state index in [9.17, 15) is 9.90 Å². The van der Waals surface area contributed by atoms with Crippen LogP contribution >= 0.6 is 0 Å². The zero-order valence-corrected chi connectivity index (χ0v) is 11.3. The van der Waals surface area contributed by atoms with Gasteiger partial charge in [0.15, 0.2) is 0 Å². The van der Waals surface area contributed by atoms with Crippen LogP contribution in [0.1, 0.15) is 37.4 Å². The Morgan fingerprint density at radius 3 is 2.58 bits per heavy atom. The summed E-state index contributed by atoms with van der Waals surface area (Å²) < 4.78 is 0. The second kappa shape index (κ2) is 5.02. The van der Waals surface area contributed by atoms with Crippen LogP contribution in [0.5, 0.6) is 0 Å². The number of hydrogen-bond donors (Lipinski definition) is 1. The molecule has 1 aromatic carbocycles. The number of rotatable bonds is 3. The summed E-state index contributed by atoms with van der Waals surface area (Å²) in [6.45, 7) is 5.25. The highest BCUT2D eigenvalue weighted by atomic mass is 16.4. The van der Waals surface area contributed by atoms with E-state index in [-0.39, 0.29) is 6.04 Å². The normalized spacial score (nSPS) is 24.9. The number of benzene rings is 1. The second-order valence-electron chi connectivity index (χ2n) is 5.50. The Hall–Kier alpha value is -1.86. The summed E-state index contributed by atoms with van der Waals surface area (Å²) >= 11 is 0. The zero-order chi connectivity index (χ0) is 14.0. The van der Waals surface area contributed by atoms with Gasteiger partial charge in [0.25, 0.3) is 0 Å². The Kier molecular flexibility index (Phi) is 3.59. The number of hydrogen-bond acceptors (Lipinski definition) is 3. The van der Waals surface area contributed by atoms with Crippen molar-refractivity contribution in [3.8, 4) is 6.07 Å². The molecule has 4 heteroatoms. The van der Waals surface area contributed by atoms with Crippen LogP contribution in [0.4, 0.5) is 0 Å². The minimum Gasteiger partial charge on any atom is -0.481 e. The average molecular weight is 258 g/mol. The summed E-state index contributed by atoms with van der Waals surface area (Å²) in [6.07, 6.45) is 0.683. The number of nitrogens with zero attached hydrogens (tertiary/aromatic N) is 2. The molecule has 2 unspecified atom stereocenters. The van der Waals surface area contributed by atoms with E-state index in [0.29, 0.717) is 18.5 Å². The quantitative estimate of drug-likeness (QED) is 0.904. The lowest BCUT2D eigenvalue weighted by Gasteiger charge is -2.26. The SMILES string of the molecule is CC(c1ccc(C#N)cc1)N1CCC(C)(C(=O)O)C1. The largest absolute Gasteiger partial charge is 0.481 e. The molecule has 0 spiro atoms. The van der Waals surface area contributed by atoms with Crippen molar-refractivity contribution in [2.75, 3.05) is 13.1 Å². The van der Waals surface area contributed by atoms with E-state index >= 15 is 0 Å². The van der Waals surface area contributed by atoms with Crippen molar-refractivity contribution < 1.29 is 9.90 Å². The summed E-state index contributed by atoms with van der Waals surface area (Å²) in [5.41, 5.74) is 1.13. The first kappa shape index (κ1) is 13.6. The predicted molar refractivity (Wildman–Crippen MR) is 71.5 cm³/mol. The first-order valence-electron chi connectivity index (χ1n) is 6.44. The van der Waals surface area contributed by atoms with Gasteiger partial charge in [0.05, 0.1) is 17.0 Å². The first-order valence-corrected chi connectivity index (χ1v) is 6.44. The van der Waals surface area contributed by atoms with Gasteiger partial charge in [-0.3, -0.25) is 9.69 Å². The molecule has 2 rings (SSSR count). The third-order valence-electron chi connectivity index (χ3n) is 4.09. The van der Waals surface area contributed by atoms with E-state index in [1.54, 1.807) is 19.1 Å². The van der Waals surface area contributed by atoms with E-state index in [2.05, 4.69) is 17.9 Å². The Bertz CT molecular complexity index is 518. The molecule has 4 nitrogen and oxygen atoms in total. The fourth-order valence-corrected chi connectivity index (χ4v) is 2.55. The summed E-state index contributed by atoms with van der Waals surface area (Å²) in [5, 5.41) is 18.0. The fourth-order valence-electron chi connectivity index (χ4n) is 2.55. The molecular formula is C15H18N2O2. The van der Waals surface area contributed by atoms with Crippen molar-refractivity contribution in [2.24, 2.45) is 5.41 Å². The van der Waals surface area contributed by atoms with Gasteiger partial charge in [0.1, 0.15) is 0 Å². The van der Waals surface area contributed by atoms with Crippen LogP contribution in [-0.2, 0) is 4.79 Å². The van der Waals surface area contributed by atoms with Gasteiger partial charge in [0, 0.05) is 12.6 Å². The molecule has 0 aliphatic carbocycles. The minimum atomic E-state index is -0.720. The Morgan fingerprint density at radius 2 is 2.11 bits per heavy atom. The highest BCUT2D eigenvalue weighted by molar-refractivity contribution is 5.74. The highest BCUT2D eigenvalue weighted by Gasteiger charge is 2.41. The van der Waals surface area contributed by atoms with Gasteiger partial charge in [-0.2, -0.15) is 5.26 Å². The molecule has 1 heterocycles. The number of carboxylic acids is 1. The van der Waals surface area contributed by atoms with E-state index in [1.165, 1.54) is 0 Å². The van der Waals surface area contributed by atoms with Crippen molar-refractivity contribution in [3.05, 3.63) is 35.4 Å². The van der Waals surface area contributed by atoms with E-state index in [1.807, 2.05) is 12.1 Å². The van der Waals surface area contributed by atoms with Gasteiger partial charge in [-0.1, -0.05) is 12.1 Å². The molecule has 2 atom stereocenters. The Balaban J connectivity index is 2.11. The molecule has 0 radical (unpaired) electrons. The van der Waals surface area contributed by atoms with Crippen LogP contribution in [0.2, 0.25) is 0 Å². The fraction of sp³-hybridized carbons (Fsp3) is 0.467. The highest BCUT2D eigenvalue weighted by Crippen LogP contribution is 2.35. The molecule has 1 aliphatic heterocycles. The monoisotopic (exact) mass is 258 g/mol. The number of nitriles is 1. The predicted octanol–water partition coefficient (Wildman–Crippen LogP) is 2.42. The maximum Gasteiger partial charge on any atom is 0.310 e.